The summed E-state index contributed by atoms with van der Waals surface area (Å²) < 4.78 is 26.3. The number of amides is 1. The minimum absolute atomic E-state index is 0.113. The minimum Gasteiger partial charge on any atom is -0.332 e. The number of halogens is 2. The molecule has 1 fully saturated rings. The molecule has 0 aromatic heterocycles. The van der Waals surface area contributed by atoms with Crippen molar-refractivity contribution in [3.05, 3.63) is 71.3 Å². The quantitative estimate of drug-likeness (QED) is 0.819. The maximum absolute atomic E-state index is 13.4. The summed E-state index contributed by atoms with van der Waals surface area (Å²) in [5.74, 6) is -0.801. The van der Waals surface area contributed by atoms with Crippen molar-refractivity contribution >= 4 is 5.91 Å². The van der Waals surface area contributed by atoms with Gasteiger partial charge in [0.1, 0.15) is 11.6 Å². The first-order valence-electron chi connectivity index (χ1n) is 6.97. The third-order valence-electron chi connectivity index (χ3n) is 3.84. The monoisotopic (exact) mass is 287 g/mol. The summed E-state index contributed by atoms with van der Waals surface area (Å²) in [5, 5.41) is 0. The van der Waals surface area contributed by atoms with Gasteiger partial charge in [-0.2, -0.15) is 0 Å². The highest BCUT2D eigenvalue weighted by atomic mass is 19.1. The Balaban J connectivity index is 1.87. The van der Waals surface area contributed by atoms with Crippen molar-refractivity contribution in [1.82, 2.24) is 4.90 Å². The van der Waals surface area contributed by atoms with Gasteiger partial charge in [0.05, 0.1) is 6.04 Å². The molecule has 0 radical (unpaired) electrons. The minimum atomic E-state index is -0.366. The van der Waals surface area contributed by atoms with E-state index in [0.29, 0.717) is 12.1 Å². The Labute approximate surface area is 122 Å². The summed E-state index contributed by atoms with van der Waals surface area (Å²) in [5.41, 5.74) is 1.27. The van der Waals surface area contributed by atoms with E-state index in [2.05, 4.69) is 0 Å². The van der Waals surface area contributed by atoms with Crippen molar-refractivity contribution in [3.63, 3.8) is 0 Å². The molecule has 2 aromatic carbocycles. The van der Waals surface area contributed by atoms with E-state index in [1.54, 1.807) is 11.0 Å². The lowest BCUT2D eigenvalue weighted by Gasteiger charge is -2.25. The van der Waals surface area contributed by atoms with E-state index in [-0.39, 0.29) is 23.6 Å². The largest absolute Gasteiger partial charge is 0.332 e. The second-order valence-corrected chi connectivity index (χ2v) is 5.22. The van der Waals surface area contributed by atoms with Crippen LogP contribution in [0.2, 0.25) is 0 Å². The van der Waals surface area contributed by atoms with Crippen LogP contribution < -0.4 is 0 Å². The van der Waals surface area contributed by atoms with E-state index in [1.165, 1.54) is 36.4 Å². The van der Waals surface area contributed by atoms with Gasteiger partial charge in [-0.05, 0) is 54.8 Å². The van der Waals surface area contributed by atoms with Crippen LogP contribution in [0.25, 0.3) is 0 Å². The molecule has 2 aromatic rings. The summed E-state index contributed by atoms with van der Waals surface area (Å²) in [7, 11) is 0. The molecule has 108 valence electrons. The van der Waals surface area contributed by atoms with Crippen LogP contribution in [0.5, 0.6) is 0 Å². The summed E-state index contributed by atoms with van der Waals surface area (Å²) in [6.45, 7) is 0.636. The predicted octanol–water partition coefficient (Wildman–Crippen LogP) is 3.94. The van der Waals surface area contributed by atoms with Gasteiger partial charge in [0, 0.05) is 12.1 Å². The molecule has 0 aliphatic carbocycles. The van der Waals surface area contributed by atoms with Crippen molar-refractivity contribution < 1.29 is 13.6 Å². The molecule has 1 amide bonds. The van der Waals surface area contributed by atoms with Crippen LogP contribution in [0.1, 0.15) is 34.8 Å². The molecular formula is C17H15F2NO. The highest BCUT2D eigenvalue weighted by Gasteiger charge is 2.30. The standard InChI is InChI=1S/C17H15F2NO/c18-14-8-6-12(7-9-14)17(21)20-10-2-5-16(20)13-3-1-4-15(19)11-13/h1,3-4,6-9,11,16H,2,5,10H2/t16-/m0/s1. The lowest BCUT2D eigenvalue weighted by Crippen LogP contribution is -2.30. The van der Waals surface area contributed by atoms with E-state index in [0.717, 1.165) is 18.4 Å². The third kappa shape index (κ3) is 2.79. The molecule has 1 saturated heterocycles. The van der Waals surface area contributed by atoms with Crippen LogP contribution in [-0.2, 0) is 0 Å². The highest BCUT2D eigenvalue weighted by Crippen LogP contribution is 2.33. The van der Waals surface area contributed by atoms with Crippen molar-refractivity contribution in [3.8, 4) is 0 Å². The van der Waals surface area contributed by atoms with Crippen LogP contribution >= 0.6 is 0 Å². The van der Waals surface area contributed by atoms with Crippen molar-refractivity contribution in [1.29, 1.82) is 0 Å². The van der Waals surface area contributed by atoms with E-state index >= 15 is 0 Å². The number of hydrogen-bond acceptors (Lipinski definition) is 1. The fourth-order valence-corrected chi connectivity index (χ4v) is 2.83. The molecule has 1 heterocycles. The Morgan fingerprint density at radius 3 is 2.52 bits per heavy atom. The Kier molecular flexibility index (Phi) is 3.69. The molecule has 0 N–H and O–H groups in total. The first-order chi connectivity index (χ1) is 10.1. The number of carbonyl (C=O) groups is 1. The average molecular weight is 287 g/mol. The SMILES string of the molecule is O=C(c1ccc(F)cc1)N1CCC[C@H]1c1cccc(F)c1. The van der Waals surface area contributed by atoms with Gasteiger partial charge in [-0.1, -0.05) is 12.1 Å². The van der Waals surface area contributed by atoms with Crippen molar-refractivity contribution in [2.24, 2.45) is 0 Å². The molecule has 0 saturated carbocycles. The normalized spacial score (nSPS) is 18.0. The first kappa shape index (κ1) is 13.7. The molecule has 1 aliphatic rings. The smallest absolute Gasteiger partial charge is 0.254 e. The zero-order valence-corrected chi connectivity index (χ0v) is 11.4. The van der Waals surface area contributed by atoms with Gasteiger partial charge < -0.3 is 4.90 Å². The van der Waals surface area contributed by atoms with Crippen molar-refractivity contribution in [2.45, 2.75) is 18.9 Å². The molecule has 0 unspecified atom stereocenters. The van der Waals surface area contributed by atoms with E-state index in [9.17, 15) is 13.6 Å². The van der Waals surface area contributed by atoms with Crippen LogP contribution in [0.15, 0.2) is 48.5 Å². The maximum Gasteiger partial charge on any atom is 0.254 e. The fraction of sp³-hybridized carbons (Fsp3) is 0.235. The summed E-state index contributed by atoms with van der Waals surface area (Å²) in [6, 6.07) is 11.8. The summed E-state index contributed by atoms with van der Waals surface area (Å²) in [6.07, 6.45) is 1.70. The molecule has 0 spiro atoms. The number of carbonyl (C=O) groups excluding carboxylic acids is 1. The number of nitrogens with zero attached hydrogens (tertiary/aromatic N) is 1. The fourth-order valence-electron chi connectivity index (χ4n) is 2.83. The second kappa shape index (κ2) is 5.64. The van der Waals surface area contributed by atoms with Crippen LogP contribution in [0, 0.1) is 11.6 Å². The average Bonchev–Trinajstić information content (AvgIpc) is 2.97. The van der Waals surface area contributed by atoms with E-state index < -0.39 is 0 Å². The number of hydrogen-bond donors (Lipinski definition) is 0. The number of benzene rings is 2. The first-order valence-corrected chi connectivity index (χ1v) is 6.97. The van der Waals surface area contributed by atoms with Gasteiger partial charge in [-0.3, -0.25) is 4.79 Å². The number of likely N-dealkylation sites (tertiary alicyclic amines) is 1. The molecule has 4 heteroatoms. The zero-order valence-electron chi connectivity index (χ0n) is 11.4. The second-order valence-electron chi connectivity index (χ2n) is 5.22. The van der Waals surface area contributed by atoms with Gasteiger partial charge in [0.2, 0.25) is 0 Å². The Morgan fingerprint density at radius 2 is 1.81 bits per heavy atom. The molecule has 0 bridgehead atoms. The van der Waals surface area contributed by atoms with Gasteiger partial charge in [0.25, 0.3) is 5.91 Å². The number of rotatable bonds is 2. The van der Waals surface area contributed by atoms with Gasteiger partial charge in [-0.15, -0.1) is 0 Å². The molecular weight excluding hydrogens is 272 g/mol. The Bertz CT molecular complexity index is 654. The van der Waals surface area contributed by atoms with Gasteiger partial charge in [0.15, 0.2) is 0 Å². The topological polar surface area (TPSA) is 20.3 Å². The molecule has 21 heavy (non-hydrogen) atoms. The zero-order chi connectivity index (χ0) is 14.8. The molecule has 2 nitrogen and oxygen atoms in total. The summed E-state index contributed by atoms with van der Waals surface area (Å²) >= 11 is 0. The van der Waals surface area contributed by atoms with Crippen LogP contribution in [-0.4, -0.2) is 17.4 Å². The summed E-state index contributed by atoms with van der Waals surface area (Å²) in [4.78, 5) is 14.3. The van der Waals surface area contributed by atoms with Gasteiger partial charge >= 0.3 is 0 Å². The third-order valence-corrected chi connectivity index (χ3v) is 3.84. The molecule has 3 rings (SSSR count). The Morgan fingerprint density at radius 1 is 1.05 bits per heavy atom. The maximum atomic E-state index is 13.4. The lowest BCUT2D eigenvalue weighted by atomic mass is 10.0. The highest BCUT2D eigenvalue weighted by molar-refractivity contribution is 5.94. The van der Waals surface area contributed by atoms with E-state index in [4.69, 9.17) is 0 Å². The van der Waals surface area contributed by atoms with E-state index in [1.807, 2.05) is 6.07 Å². The van der Waals surface area contributed by atoms with Crippen LogP contribution in [0.4, 0.5) is 8.78 Å². The lowest BCUT2D eigenvalue weighted by molar-refractivity contribution is 0.0735. The Hall–Kier alpha value is -2.23. The van der Waals surface area contributed by atoms with Gasteiger partial charge in [-0.25, -0.2) is 8.78 Å². The van der Waals surface area contributed by atoms with Crippen LogP contribution in [0.3, 0.4) is 0 Å². The molecule has 1 atom stereocenters. The predicted molar refractivity (Wildman–Crippen MR) is 75.8 cm³/mol. The van der Waals surface area contributed by atoms with Crippen molar-refractivity contribution in [2.75, 3.05) is 6.54 Å². The molecule has 1 aliphatic heterocycles.